The van der Waals surface area contributed by atoms with E-state index in [9.17, 15) is 9.59 Å². The lowest BCUT2D eigenvalue weighted by Crippen LogP contribution is -2.48. The molecule has 1 atom stereocenters. The summed E-state index contributed by atoms with van der Waals surface area (Å²) in [5.74, 6) is -0.825. The van der Waals surface area contributed by atoms with Gasteiger partial charge in [0.25, 0.3) is 0 Å². The van der Waals surface area contributed by atoms with Crippen LogP contribution in [-0.2, 0) is 14.3 Å². The van der Waals surface area contributed by atoms with Gasteiger partial charge in [-0.05, 0) is 29.9 Å². The Morgan fingerprint density at radius 2 is 1.41 bits per heavy atom. The van der Waals surface area contributed by atoms with Crippen molar-refractivity contribution in [3.05, 3.63) is 71.8 Å². The summed E-state index contributed by atoms with van der Waals surface area (Å²) < 4.78 is 5.00. The zero-order valence-electron chi connectivity index (χ0n) is 15.8. The van der Waals surface area contributed by atoms with Crippen LogP contribution in [0.15, 0.2) is 60.7 Å². The molecule has 27 heavy (non-hydrogen) atoms. The molecule has 1 saturated carbocycles. The summed E-state index contributed by atoms with van der Waals surface area (Å²) in [4.78, 5) is 25.7. The van der Waals surface area contributed by atoms with Gasteiger partial charge in [-0.1, -0.05) is 79.9 Å². The molecule has 1 aliphatic rings. The molecule has 142 valence electrons. The van der Waals surface area contributed by atoms with E-state index in [1.807, 2.05) is 60.7 Å². The van der Waals surface area contributed by atoms with Crippen LogP contribution in [0.2, 0.25) is 0 Å². The summed E-state index contributed by atoms with van der Waals surface area (Å²) >= 11 is 0. The molecule has 0 aliphatic heterocycles. The quantitative estimate of drug-likeness (QED) is 0.786. The molecule has 0 heterocycles. The molecule has 4 heteroatoms. The molecule has 1 N–H and O–H groups in total. The van der Waals surface area contributed by atoms with Crippen LogP contribution in [0.25, 0.3) is 0 Å². The van der Waals surface area contributed by atoms with Crippen molar-refractivity contribution in [2.45, 2.75) is 44.1 Å². The molecule has 1 fully saturated rings. The van der Waals surface area contributed by atoms with Gasteiger partial charge in [-0.2, -0.15) is 0 Å². The van der Waals surface area contributed by atoms with E-state index in [1.165, 1.54) is 13.5 Å². The summed E-state index contributed by atoms with van der Waals surface area (Å²) in [5, 5.41) is 3.02. The van der Waals surface area contributed by atoms with Crippen molar-refractivity contribution < 1.29 is 14.3 Å². The maximum atomic E-state index is 13.3. The Labute approximate surface area is 160 Å². The number of esters is 1. The highest BCUT2D eigenvalue weighted by molar-refractivity contribution is 5.91. The standard InChI is InChI=1S/C23H27NO3/c1-27-23(26)21(19-15-9-4-10-16-19)24-22(25)20(17-11-5-2-6-12-17)18-13-7-3-8-14-18/h2-3,5-8,11-14,19-21H,4,9-10,15-16H2,1H3,(H,24,25)/t21-/m1/s1. The van der Waals surface area contributed by atoms with Crippen LogP contribution in [0, 0.1) is 5.92 Å². The second-order valence-electron chi connectivity index (χ2n) is 7.16. The smallest absolute Gasteiger partial charge is 0.328 e. The summed E-state index contributed by atoms with van der Waals surface area (Å²) in [7, 11) is 1.39. The molecule has 0 saturated heterocycles. The highest BCUT2D eigenvalue weighted by atomic mass is 16.5. The van der Waals surface area contributed by atoms with Crippen molar-refractivity contribution in [3.8, 4) is 0 Å². The Balaban J connectivity index is 1.87. The van der Waals surface area contributed by atoms with Crippen LogP contribution in [0.5, 0.6) is 0 Å². The summed E-state index contributed by atoms with van der Waals surface area (Å²) in [5.41, 5.74) is 1.82. The Morgan fingerprint density at radius 3 is 1.89 bits per heavy atom. The molecule has 0 aromatic heterocycles. The van der Waals surface area contributed by atoms with Crippen molar-refractivity contribution in [3.63, 3.8) is 0 Å². The molecule has 1 aliphatic carbocycles. The molecule has 3 rings (SSSR count). The van der Waals surface area contributed by atoms with Gasteiger partial charge in [0.1, 0.15) is 6.04 Å². The third-order valence-electron chi connectivity index (χ3n) is 5.40. The maximum absolute atomic E-state index is 13.3. The molecular formula is C23H27NO3. The van der Waals surface area contributed by atoms with E-state index in [-0.39, 0.29) is 17.8 Å². The second-order valence-corrected chi connectivity index (χ2v) is 7.16. The highest BCUT2D eigenvalue weighted by Crippen LogP contribution is 2.29. The van der Waals surface area contributed by atoms with E-state index in [0.717, 1.165) is 36.8 Å². The van der Waals surface area contributed by atoms with Gasteiger partial charge in [0.05, 0.1) is 13.0 Å². The topological polar surface area (TPSA) is 55.4 Å². The summed E-state index contributed by atoms with van der Waals surface area (Å²) in [6, 6.07) is 18.8. The molecule has 0 bridgehead atoms. The number of carbonyl (C=O) groups excluding carboxylic acids is 2. The largest absolute Gasteiger partial charge is 0.467 e. The van der Waals surface area contributed by atoms with E-state index >= 15 is 0 Å². The van der Waals surface area contributed by atoms with E-state index in [2.05, 4.69) is 5.32 Å². The van der Waals surface area contributed by atoms with Crippen molar-refractivity contribution in [1.82, 2.24) is 5.32 Å². The molecule has 4 nitrogen and oxygen atoms in total. The lowest BCUT2D eigenvalue weighted by atomic mass is 9.83. The third-order valence-corrected chi connectivity index (χ3v) is 5.40. The van der Waals surface area contributed by atoms with Gasteiger partial charge in [0, 0.05) is 0 Å². The lowest BCUT2D eigenvalue weighted by Gasteiger charge is -2.30. The highest BCUT2D eigenvalue weighted by Gasteiger charge is 2.34. The SMILES string of the molecule is COC(=O)[C@H](NC(=O)C(c1ccccc1)c1ccccc1)C1CCCCC1. The zero-order valence-corrected chi connectivity index (χ0v) is 15.8. The minimum Gasteiger partial charge on any atom is -0.467 e. The van der Waals surface area contributed by atoms with E-state index < -0.39 is 12.0 Å². The van der Waals surface area contributed by atoms with Crippen molar-refractivity contribution in [2.24, 2.45) is 5.92 Å². The van der Waals surface area contributed by atoms with Crippen LogP contribution in [-0.4, -0.2) is 25.0 Å². The van der Waals surface area contributed by atoms with Gasteiger partial charge in [-0.15, -0.1) is 0 Å². The normalized spacial score (nSPS) is 15.9. The molecular weight excluding hydrogens is 338 g/mol. The molecule has 0 spiro atoms. The van der Waals surface area contributed by atoms with Crippen molar-refractivity contribution >= 4 is 11.9 Å². The van der Waals surface area contributed by atoms with Crippen LogP contribution in [0.4, 0.5) is 0 Å². The van der Waals surface area contributed by atoms with E-state index in [1.54, 1.807) is 0 Å². The number of carbonyl (C=O) groups is 2. The molecule has 0 radical (unpaired) electrons. The number of methoxy groups -OCH3 is 1. The second kappa shape index (κ2) is 9.36. The van der Waals surface area contributed by atoms with Gasteiger partial charge >= 0.3 is 5.97 Å². The zero-order chi connectivity index (χ0) is 19.1. The fourth-order valence-electron chi connectivity index (χ4n) is 3.99. The minimum atomic E-state index is -0.585. The Morgan fingerprint density at radius 1 is 0.889 bits per heavy atom. The average molecular weight is 365 g/mol. The first-order valence-electron chi connectivity index (χ1n) is 9.69. The monoisotopic (exact) mass is 365 g/mol. The summed E-state index contributed by atoms with van der Waals surface area (Å²) in [6.07, 6.45) is 5.27. The number of benzene rings is 2. The van der Waals surface area contributed by atoms with Gasteiger partial charge in [-0.3, -0.25) is 4.79 Å². The van der Waals surface area contributed by atoms with Crippen LogP contribution < -0.4 is 5.32 Å². The third kappa shape index (κ3) is 4.76. The van der Waals surface area contributed by atoms with Gasteiger partial charge in [0.2, 0.25) is 5.91 Å². The first-order chi connectivity index (χ1) is 13.2. The Bertz CT molecular complexity index is 699. The maximum Gasteiger partial charge on any atom is 0.328 e. The predicted molar refractivity (Wildman–Crippen MR) is 105 cm³/mol. The molecule has 2 aromatic carbocycles. The number of hydrogen-bond acceptors (Lipinski definition) is 3. The predicted octanol–water partition coefficient (Wildman–Crippen LogP) is 4.06. The Hall–Kier alpha value is -2.62. The first kappa shape index (κ1) is 19.2. The number of ether oxygens (including phenoxy) is 1. The minimum absolute atomic E-state index is 0.141. The molecule has 0 unspecified atom stereocenters. The summed E-state index contributed by atoms with van der Waals surface area (Å²) in [6.45, 7) is 0. The van der Waals surface area contributed by atoms with Gasteiger partial charge in [-0.25, -0.2) is 4.79 Å². The Kier molecular flexibility index (Phi) is 6.64. The van der Waals surface area contributed by atoms with Crippen LogP contribution >= 0.6 is 0 Å². The van der Waals surface area contributed by atoms with Crippen molar-refractivity contribution in [1.29, 1.82) is 0 Å². The number of hydrogen-bond donors (Lipinski definition) is 1. The van der Waals surface area contributed by atoms with E-state index in [4.69, 9.17) is 4.74 Å². The van der Waals surface area contributed by atoms with E-state index in [0.29, 0.717) is 0 Å². The molecule has 1 amide bonds. The molecule has 2 aromatic rings. The lowest BCUT2D eigenvalue weighted by molar-refractivity contribution is -0.147. The fourth-order valence-corrected chi connectivity index (χ4v) is 3.99. The number of amides is 1. The number of rotatable bonds is 6. The number of nitrogens with one attached hydrogen (secondary N) is 1. The van der Waals surface area contributed by atoms with Crippen LogP contribution in [0.1, 0.15) is 49.1 Å². The van der Waals surface area contributed by atoms with Gasteiger partial charge in [0.15, 0.2) is 0 Å². The first-order valence-corrected chi connectivity index (χ1v) is 9.69. The average Bonchev–Trinajstić information content (AvgIpc) is 2.74. The fraction of sp³-hybridized carbons (Fsp3) is 0.391. The van der Waals surface area contributed by atoms with Gasteiger partial charge < -0.3 is 10.1 Å². The van der Waals surface area contributed by atoms with Crippen LogP contribution in [0.3, 0.4) is 0 Å². The van der Waals surface area contributed by atoms with Crippen molar-refractivity contribution in [2.75, 3.05) is 7.11 Å².